The van der Waals surface area contributed by atoms with Gasteiger partial charge in [-0.1, -0.05) is 25.1 Å². The third kappa shape index (κ3) is 3.35. The van der Waals surface area contributed by atoms with E-state index < -0.39 is 0 Å². The van der Waals surface area contributed by atoms with Gasteiger partial charge in [0.15, 0.2) is 0 Å². The van der Waals surface area contributed by atoms with Gasteiger partial charge in [0.2, 0.25) is 5.91 Å². The number of hydrogen-bond acceptors (Lipinski definition) is 3. The van der Waals surface area contributed by atoms with E-state index in [4.69, 9.17) is 10.2 Å². The van der Waals surface area contributed by atoms with Crippen LogP contribution in [0.15, 0.2) is 34.7 Å². The predicted molar refractivity (Wildman–Crippen MR) is 75.7 cm³/mol. The zero-order valence-corrected chi connectivity index (χ0v) is 11.3. The maximum atomic E-state index is 11.8. The number of rotatable bonds is 5. The lowest BCUT2D eigenvalue weighted by molar-refractivity contribution is -0.122. The van der Waals surface area contributed by atoms with Crippen LogP contribution in [0.5, 0.6) is 0 Å². The summed E-state index contributed by atoms with van der Waals surface area (Å²) in [4.78, 5) is 11.8. The van der Waals surface area contributed by atoms with Crippen molar-refractivity contribution in [1.82, 2.24) is 5.32 Å². The number of para-hydroxylation sites is 1. The molecular formula is C15H20N2O2. The molecule has 0 bridgehead atoms. The lowest BCUT2D eigenvalue weighted by atomic mass is 10.1. The summed E-state index contributed by atoms with van der Waals surface area (Å²) in [6.45, 7) is 3.88. The Hall–Kier alpha value is -1.81. The van der Waals surface area contributed by atoms with E-state index in [1.165, 1.54) is 0 Å². The molecule has 2 rings (SSSR count). The van der Waals surface area contributed by atoms with Gasteiger partial charge in [0.25, 0.3) is 0 Å². The number of carbonyl (C=O) groups is 1. The first-order chi connectivity index (χ1) is 9.10. The van der Waals surface area contributed by atoms with Gasteiger partial charge in [-0.05, 0) is 25.5 Å². The molecule has 4 heteroatoms. The Balaban J connectivity index is 2.03. The number of nitrogens with two attached hydrogens (primary N) is 1. The molecule has 1 aromatic carbocycles. The smallest absolute Gasteiger partial charge is 0.222 e. The average Bonchev–Trinajstić information content (AvgIpc) is 2.82. The van der Waals surface area contributed by atoms with Gasteiger partial charge in [0.05, 0.1) is 6.04 Å². The van der Waals surface area contributed by atoms with E-state index in [0.717, 1.165) is 23.2 Å². The van der Waals surface area contributed by atoms with Crippen molar-refractivity contribution < 1.29 is 9.21 Å². The van der Waals surface area contributed by atoms with Crippen LogP contribution in [0, 0.1) is 0 Å². The Morgan fingerprint density at radius 3 is 2.84 bits per heavy atom. The van der Waals surface area contributed by atoms with Crippen LogP contribution in [0.1, 0.15) is 38.5 Å². The summed E-state index contributed by atoms with van der Waals surface area (Å²) in [5.41, 5.74) is 6.60. The molecule has 0 spiro atoms. The van der Waals surface area contributed by atoms with Crippen LogP contribution in [0.25, 0.3) is 11.0 Å². The van der Waals surface area contributed by atoms with E-state index in [-0.39, 0.29) is 18.0 Å². The van der Waals surface area contributed by atoms with Gasteiger partial charge < -0.3 is 15.5 Å². The standard InChI is InChI=1S/C15H20N2O2/c1-3-12(16)9-15(18)17-10(2)14-8-11-6-4-5-7-13(11)19-14/h4-8,10,12H,3,9,16H2,1-2H3,(H,17,18). The van der Waals surface area contributed by atoms with Crippen LogP contribution in [-0.2, 0) is 4.79 Å². The summed E-state index contributed by atoms with van der Waals surface area (Å²) in [7, 11) is 0. The van der Waals surface area contributed by atoms with E-state index in [1.807, 2.05) is 44.2 Å². The summed E-state index contributed by atoms with van der Waals surface area (Å²) >= 11 is 0. The fourth-order valence-electron chi connectivity index (χ4n) is 1.97. The molecule has 0 aliphatic carbocycles. The highest BCUT2D eigenvalue weighted by molar-refractivity contribution is 5.79. The molecule has 3 N–H and O–H groups in total. The molecule has 0 radical (unpaired) electrons. The van der Waals surface area contributed by atoms with Gasteiger partial charge in [-0.3, -0.25) is 4.79 Å². The van der Waals surface area contributed by atoms with Crippen molar-refractivity contribution in [1.29, 1.82) is 0 Å². The number of fused-ring (bicyclic) bond motifs is 1. The van der Waals surface area contributed by atoms with Gasteiger partial charge >= 0.3 is 0 Å². The number of carbonyl (C=O) groups excluding carboxylic acids is 1. The molecule has 0 fully saturated rings. The first-order valence-electron chi connectivity index (χ1n) is 6.63. The Labute approximate surface area is 113 Å². The van der Waals surface area contributed by atoms with E-state index in [2.05, 4.69) is 5.32 Å². The largest absolute Gasteiger partial charge is 0.459 e. The zero-order valence-electron chi connectivity index (χ0n) is 11.3. The molecule has 1 aromatic heterocycles. The molecule has 102 valence electrons. The first kappa shape index (κ1) is 13.6. The minimum atomic E-state index is -0.149. The van der Waals surface area contributed by atoms with E-state index in [0.29, 0.717) is 6.42 Å². The fraction of sp³-hybridized carbons (Fsp3) is 0.400. The van der Waals surface area contributed by atoms with Gasteiger partial charge in [-0.15, -0.1) is 0 Å². The predicted octanol–water partition coefficient (Wildman–Crippen LogP) is 2.74. The van der Waals surface area contributed by atoms with Crippen molar-refractivity contribution in [2.24, 2.45) is 5.73 Å². The number of furan rings is 1. The lowest BCUT2D eigenvalue weighted by Crippen LogP contribution is -2.32. The Bertz CT molecular complexity index is 529. The highest BCUT2D eigenvalue weighted by Crippen LogP contribution is 2.23. The van der Waals surface area contributed by atoms with E-state index in [9.17, 15) is 4.79 Å². The first-order valence-corrected chi connectivity index (χ1v) is 6.63. The quantitative estimate of drug-likeness (QED) is 0.868. The second kappa shape index (κ2) is 5.89. The Morgan fingerprint density at radius 1 is 1.42 bits per heavy atom. The third-order valence-electron chi connectivity index (χ3n) is 3.22. The number of amides is 1. The monoisotopic (exact) mass is 260 g/mol. The van der Waals surface area contributed by atoms with Crippen LogP contribution in [0.3, 0.4) is 0 Å². The fourth-order valence-corrected chi connectivity index (χ4v) is 1.97. The maximum absolute atomic E-state index is 11.8. The highest BCUT2D eigenvalue weighted by atomic mass is 16.3. The third-order valence-corrected chi connectivity index (χ3v) is 3.22. The van der Waals surface area contributed by atoms with Crippen LogP contribution in [-0.4, -0.2) is 11.9 Å². The van der Waals surface area contributed by atoms with Gasteiger partial charge in [0, 0.05) is 17.8 Å². The van der Waals surface area contributed by atoms with Crippen molar-refractivity contribution >= 4 is 16.9 Å². The Kier molecular flexibility index (Phi) is 4.22. The molecule has 19 heavy (non-hydrogen) atoms. The zero-order chi connectivity index (χ0) is 13.8. The highest BCUT2D eigenvalue weighted by Gasteiger charge is 2.15. The SMILES string of the molecule is CCC(N)CC(=O)NC(C)c1cc2ccccc2o1. The van der Waals surface area contributed by atoms with Crippen LogP contribution in [0.2, 0.25) is 0 Å². The van der Waals surface area contributed by atoms with Gasteiger partial charge in [-0.25, -0.2) is 0 Å². The second-order valence-electron chi connectivity index (χ2n) is 4.85. The van der Waals surface area contributed by atoms with Gasteiger partial charge in [-0.2, -0.15) is 0 Å². The van der Waals surface area contributed by atoms with Crippen molar-refractivity contribution in [2.45, 2.75) is 38.8 Å². The normalized spacial score (nSPS) is 14.3. The van der Waals surface area contributed by atoms with E-state index >= 15 is 0 Å². The molecule has 1 amide bonds. The molecule has 2 unspecified atom stereocenters. The number of benzene rings is 1. The van der Waals surface area contributed by atoms with E-state index in [1.54, 1.807) is 0 Å². The van der Waals surface area contributed by atoms with Crippen molar-refractivity contribution in [3.8, 4) is 0 Å². The summed E-state index contributed by atoms with van der Waals surface area (Å²) < 4.78 is 5.72. The molecule has 0 saturated carbocycles. The minimum absolute atomic E-state index is 0.0395. The summed E-state index contributed by atoms with van der Waals surface area (Å²) in [5, 5.41) is 3.95. The molecule has 1 heterocycles. The minimum Gasteiger partial charge on any atom is -0.459 e. The van der Waals surface area contributed by atoms with Crippen molar-refractivity contribution in [3.63, 3.8) is 0 Å². The molecule has 0 saturated heterocycles. The molecule has 2 aromatic rings. The molecular weight excluding hydrogens is 240 g/mol. The number of hydrogen-bond donors (Lipinski definition) is 2. The summed E-state index contributed by atoms with van der Waals surface area (Å²) in [6, 6.07) is 9.53. The maximum Gasteiger partial charge on any atom is 0.222 e. The second-order valence-corrected chi connectivity index (χ2v) is 4.85. The molecule has 0 aliphatic heterocycles. The van der Waals surface area contributed by atoms with Gasteiger partial charge in [0.1, 0.15) is 11.3 Å². The Morgan fingerprint density at radius 2 is 2.16 bits per heavy atom. The molecule has 4 nitrogen and oxygen atoms in total. The molecule has 0 aliphatic rings. The number of nitrogens with one attached hydrogen (secondary N) is 1. The van der Waals surface area contributed by atoms with Crippen LogP contribution < -0.4 is 11.1 Å². The lowest BCUT2D eigenvalue weighted by Gasteiger charge is -2.13. The summed E-state index contributed by atoms with van der Waals surface area (Å²) in [6.07, 6.45) is 1.15. The van der Waals surface area contributed by atoms with Crippen molar-refractivity contribution in [3.05, 3.63) is 36.1 Å². The summed E-state index contributed by atoms with van der Waals surface area (Å²) in [5.74, 6) is 0.724. The topological polar surface area (TPSA) is 68.3 Å². The van der Waals surface area contributed by atoms with Crippen LogP contribution in [0.4, 0.5) is 0 Å². The molecule has 2 atom stereocenters. The average molecular weight is 260 g/mol. The van der Waals surface area contributed by atoms with Crippen molar-refractivity contribution in [2.75, 3.05) is 0 Å². The van der Waals surface area contributed by atoms with Crippen LogP contribution >= 0.6 is 0 Å².